The fraction of sp³-hybridized carbons (Fsp3) is 0.462. The van der Waals surface area contributed by atoms with Crippen LogP contribution in [0.5, 0.6) is 0 Å². The van der Waals surface area contributed by atoms with Crippen molar-refractivity contribution in [2.45, 2.75) is 33.2 Å². The Labute approximate surface area is 112 Å². The van der Waals surface area contributed by atoms with Crippen molar-refractivity contribution in [2.75, 3.05) is 11.9 Å². The predicted octanol–water partition coefficient (Wildman–Crippen LogP) is 2.23. The van der Waals surface area contributed by atoms with E-state index in [1.54, 1.807) is 13.0 Å². The second-order valence-electron chi connectivity index (χ2n) is 5.47. The summed E-state index contributed by atoms with van der Waals surface area (Å²) in [4.78, 5) is 21.9. The van der Waals surface area contributed by atoms with E-state index in [4.69, 9.17) is 0 Å². The molecule has 104 valence electrons. The molecular weight excluding hydrogens is 246 g/mol. The molecule has 0 saturated heterocycles. The highest BCUT2D eigenvalue weighted by atomic mass is 16.6. The minimum atomic E-state index is -0.451. The number of amides is 1. The van der Waals surface area contributed by atoms with Gasteiger partial charge in [-0.15, -0.1) is 0 Å². The molecule has 0 aromatic heterocycles. The third-order valence-electron chi connectivity index (χ3n) is 2.24. The lowest BCUT2D eigenvalue weighted by atomic mass is 10.1. The number of hydrogen-bond donors (Lipinski definition) is 2. The summed E-state index contributed by atoms with van der Waals surface area (Å²) in [6.07, 6.45) is 0. The molecule has 1 aromatic carbocycles. The zero-order valence-corrected chi connectivity index (χ0v) is 11.6. The molecule has 0 unspecified atom stereocenters. The highest BCUT2D eigenvalue weighted by Gasteiger charge is 2.14. The normalized spacial score (nSPS) is 10.9. The summed E-state index contributed by atoms with van der Waals surface area (Å²) in [7, 11) is 0. The summed E-state index contributed by atoms with van der Waals surface area (Å²) < 4.78 is 0. The number of nitrogens with zero attached hydrogens (tertiary/aromatic N) is 1. The van der Waals surface area contributed by atoms with Gasteiger partial charge in [-0.1, -0.05) is 0 Å². The Morgan fingerprint density at radius 1 is 1.32 bits per heavy atom. The van der Waals surface area contributed by atoms with Gasteiger partial charge in [-0.25, -0.2) is 0 Å². The van der Waals surface area contributed by atoms with Crippen molar-refractivity contribution in [3.8, 4) is 0 Å². The molecule has 0 fully saturated rings. The largest absolute Gasteiger partial charge is 0.376 e. The van der Waals surface area contributed by atoms with Crippen LogP contribution in [0.1, 0.15) is 26.3 Å². The Morgan fingerprint density at radius 2 is 1.95 bits per heavy atom. The van der Waals surface area contributed by atoms with Crippen LogP contribution in [0.3, 0.4) is 0 Å². The van der Waals surface area contributed by atoms with Crippen LogP contribution >= 0.6 is 0 Å². The van der Waals surface area contributed by atoms with Crippen LogP contribution in [0.15, 0.2) is 18.2 Å². The first-order valence-electron chi connectivity index (χ1n) is 5.98. The van der Waals surface area contributed by atoms with Crippen molar-refractivity contribution in [2.24, 2.45) is 0 Å². The summed E-state index contributed by atoms with van der Waals surface area (Å²) in [5.41, 5.74) is 1.06. The fourth-order valence-corrected chi connectivity index (χ4v) is 1.62. The molecule has 0 heterocycles. The Kier molecular flexibility index (Phi) is 4.47. The maximum atomic E-state index is 11.6. The maximum Gasteiger partial charge on any atom is 0.271 e. The van der Waals surface area contributed by atoms with Crippen molar-refractivity contribution in [1.29, 1.82) is 0 Å². The minimum Gasteiger partial charge on any atom is -0.376 e. The number of hydrogen-bond acceptors (Lipinski definition) is 4. The van der Waals surface area contributed by atoms with Gasteiger partial charge in [-0.3, -0.25) is 14.9 Å². The summed E-state index contributed by atoms with van der Waals surface area (Å²) in [5.74, 6) is -0.156. The molecule has 0 spiro atoms. The number of aryl methyl sites for hydroxylation is 1. The van der Waals surface area contributed by atoms with Crippen LogP contribution in [0.2, 0.25) is 0 Å². The molecule has 0 aliphatic rings. The van der Waals surface area contributed by atoms with E-state index in [0.717, 1.165) is 5.56 Å². The Hall–Kier alpha value is -2.11. The first-order valence-corrected chi connectivity index (χ1v) is 5.98. The molecule has 1 aromatic rings. The molecular formula is C13H19N3O3. The van der Waals surface area contributed by atoms with Crippen LogP contribution in [0.4, 0.5) is 11.4 Å². The van der Waals surface area contributed by atoms with E-state index in [0.29, 0.717) is 5.69 Å². The molecule has 0 aliphatic heterocycles. The molecule has 0 saturated carbocycles. The number of carbonyl (C=O) groups is 1. The van der Waals surface area contributed by atoms with Crippen LogP contribution in [0.25, 0.3) is 0 Å². The zero-order valence-electron chi connectivity index (χ0n) is 11.6. The third kappa shape index (κ3) is 5.37. The number of nitro benzene ring substituents is 1. The van der Waals surface area contributed by atoms with Gasteiger partial charge in [-0.2, -0.15) is 0 Å². The van der Waals surface area contributed by atoms with Crippen molar-refractivity contribution < 1.29 is 9.72 Å². The Morgan fingerprint density at radius 3 is 2.47 bits per heavy atom. The zero-order chi connectivity index (χ0) is 14.6. The lowest BCUT2D eigenvalue weighted by molar-refractivity contribution is -0.384. The molecule has 0 bridgehead atoms. The van der Waals surface area contributed by atoms with Crippen molar-refractivity contribution in [1.82, 2.24) is 5.32 Å². The molecule has 0 atom stereocenters. The fourth-order valence-electron chi connectivity index (χ4n) is 1.62. The summed E-state index contributed by atoms with van der Waals surface area (Å²) in [6.45, 7) is 7.53. The average Bonchev–Trinajstić information content (AvgIpc) is 2.23. The molecule has 2 N–H and O–H groups in total. The van der Waals surface area contributed by atoms with E-state index in [2.05, 4.69) is 10.6 Å². The predicted molar refractivity (Wildman–Crippen MR) is 74.2 cm³/mol. The van der Waals surface area contributed by atoms with Crippen LogP contribution in [0, 0.1) is 17.0 Å². The first kappa shape index (κ1) is 14.9. The first-order chi connectivity index (χ1) is 8.67. The number of nitrogens with one attached hydrogen (secondary N) is 2. The second kappa shape index (κ2) is 5.69. The Balaban J connectivity index is 2.68. The van der Waals surface area contributed by atoms with Crippen LogP contribution < -0.4 is 10.6 Å². The van der Waals surface area contributed by atoms with Crippen molar-refractivity contribution >= 4 is 17.3 Å². The number of non-ortho nitro benzene ring substituents is 1. The van der Waals surface area contributed by atoms with E-state index in [9.17, 15) is 14.9 Å². The van der Waals surface area contributed by atoms with Gasteiger partial charge in [0, 0.05) is 23.4 Å². The van der Waals surface area contributed by atoms with E-state index < -0.39 is 4.92 Å². The number of anilines is 1. The smallest absolute Gasteiger partial charge is 0.271 e. The lowest BCUT2D eigenvalue weighted by Gasteiger charge is -2.20. The van der Waals surface area contributed by atoms with Crippen molar-refractivity contribution in [3.63, 3.8) is 0 Å². The number of nitro groups is 1. The van der Waals surface area contributed by atoms with E-state index >= 15 is 0 Å². The molecule has 6 heteroatoms. The number of carbonyl (C=O) groups excluding carboxylic acids is 1. The minimum absolute atomic E-state index is 0.0127. The Bertz CT molecular complexity index is 492. The molecule has 6 nitrogen and oxygen atoms in total. The summed E-state index contributed by atoms with van der Waals surface area (Å²) in [6, 6.07) is 4.66. The van der Waals surface area contributed by atoms with Gasteiger partial charge in [0.25, 0.3) is 5.69 Å². The van der Waals surface area contributed by atoms with E-state index in [1.807, 2.05) is 20.8 Å². The van der Waals surface area contributed by atoms with Crippen LogP contribution in [-0.4, -0.2) is 22.9 Å². The summed E-state index contributed by atoms with van der Waals surface area (Å²) >= 11 is 0. The molecule has 0 aliphatic carbocycles. The van der Waals surface area contributed by atoms with Gasteiger partial charge in [0.05, 0.1) is 11.5 Å². The van der Waals surface area contributed by atoms with Gasteiger partial charge in [0.15, 0.2) is 0 Å². The van der Waals surface area contributed by atoms with Gasteiger partial charge in [0.1, 0.15) is 0 Å². The molecule has 1 rings (SSSR count). The van der Waals surface area contributed by atoms with E-state index in [-0.39, 0.29) is 23.7 Å². The second-order valence-corrected chi connectivity index (χ2v) is 5.47. The van der Waals surface area contributed by atoms with E-state index in [1.165, 1.54) is 12.1 Å². The third-order valence-corrected chi connectivity index (χ3v) is 2.24. The molecule has 1 amide bonds. The lowest BCUT2D eigenvalue weighted by Crippen LogP contribution is -2.43. The SMILES string of the molecule is Cc1cc(NCC(=O)NC(C)(C)C)cc([N+](=O)[O-])c1. The molecule has 19 heavy (non-hydrogen) atoms. The van der Waals surface area contributed by atoms with Crippen molar-refractivity contribution in [3.05, 3.63) is 33.9 Å². The van der Waals surface area contributed by atoms with Gasteiger partial charge < -0.3 is 10.6 Å². The highest BCUT2D eigenvalue weighted by Crippen LogP contribution is 2.20. The topological polar surface area (TPSA) is 84.3 Å². The summed E-state index contributed by atoms with van der Waals surface area (Å²) in [5, 5.41) is 16.4. The standard InChI is InChI=1S/C13H19N3O3/c1-9-5-10(7-11(6-9)16(18)19)14-8-12(17)15-13(2,3)4/h5-7,14H,8H2,1-4H3,(H,15,17). The maximum absolute atomic E-state index is 11.6. The highest BCUT2D eigenvalue weighted by molar-refractivity contribution is 5.81. The average molecular weight is 265 g/mol. The monoisotopic (exact) mass is 265 g/mol. The quantitative estimate of drug-likeness (QED) is 0.646. The molecule has 0 radical (unpaired) electrons. The van der Waals surface area contributed by atoms with Gasteiger partial charge >= 0.3 is 0 Å². The van der Waals surface area contributed by atoms with Gasteiger partial charge in [0.2, 0.25) is 5.91 Å². The number of rotatable bonds is 4. The number of benzene rings is 1. The van der Waals surface area contributed by atoms with Gasteiger partial charge in [-0.05, 0) is 39.3 Å². The van der Waals surface area contributed by atoms with Crippen LogP contribution in [-0.2, 0) is 4.79 Å².